The lowest BCUT2D eigenvalue weighted by Crippen LogP contribution is -2.13. The minimum absolute atomic E-state index is 0.176. The predicted octanol–water partition coefficient (Wildman–Crippen LogP) is 9.70. The highest BCUT2D eigenvalue weighted by molar-refractivity contribution is 5.86. The molecule has 3 aromatic rings. The van der Waals surface area contributed by atoms with Crippen LogP contribution in [0.3, 0.4) is 0 Å². The summed E-state index contributed by atoms with van der Waals surface area (Å²) in [6.07, 6.45) is 11.6. The van der Waals surface area contributed by atoms with E-state index < -0.39 is 5.97 Å². The molecular formula is C35H42O5. The molecule has 5 nitrogen and oxygen atoms in total. The second kappa shape index (κ2) is 14.2. The average molecular weight is 543 g/mol. The molecule has 212 valence electrons. The highest BCUT2D eigenvalue weighted by atomic mass is 17.2. The van der Waals surface area contributed by atoms with Gasteiger partial charge in [-0.2, -0.15) is 0 Å². The van der Waals surface area contributed by atoms with E-state index >= 15 is 0 Å². The summed E-state index contributed by atoms with van der Waals surface area (Å²) in [4.78, 5) is 26.2. The summed E-state index contributed by atoms with van der Waals surface area (Å²) in [6, 6.07) is 20.4. The number of carbonyl (C=O) groups excluding carboxylic acids is 1. The number of aryl methyl sites for hydroxylation is 1. The smallest absolute Gasteiger partial charge is 0.340 e. The molecule has 1 aliphatic carbocycles. The Balaban J connectivity index is 1.48. The third-order valence-corrected chi connectivity index (χ3v) is 8.12. The Hall–Kier alpha value is -3.57. The Morgan fingerprint density at radius 3 is 2.23 bits per heavy atom. The van der Waals surface area contributed by atoms with Crippen LogP contribution in [-0.2, 0) is 16.1 Å². The first-order valence-electron chi connectivity index (χ1n) is 14.7. The third kappa shape index (κ3) is 7.54. The van der Waals surface area contributed by atoms with Gasteiger partial charge in [0.05, 0.1) is 0 Å². The van der Waals surface area contributed by atoms with Crippen molar-refractivity contribution in [2.45, 2.75) is 84.5 Å². The van der Waals surface area contributed by atoms with Crippen molar-refractivity contribution in [1.29, 1.82) is 0 Å². The largest absolute Gasteiger partial charge is 0.381 e. The van der Waals surface area contributed by atoms with Crippen LogP contribution < -0.4 is 9.78 Å². The predicted molar refractivity (Wildman–Crippen MR) is 160 cm³/mol. The van der Waals surface area contributed by atoms with E-state index in [4.69, 9.17) is 9.78 Å². The monoisotopic (exact) mass is 542 g/mol. The quantitative estimate of drug-likeness (QED) is 0.107. The van der Waals surface area contributed by atoms with Crippen molar-refractivity contribution in [2.24, 2.45) is 5.92 Å². The van der Waals surface area contributed by atoms with Crippen molar-refractivity contribution >= 4 is 5.97 Å². The fourth-order valence-corrected chi connectivity index (χ4v) is 5.75. The molecule has 0 radical (unpaired) electrons. The summed E-state index contributed by atoms with van der Waals surface area (Å²) in [5, 5.41) is 9.31. The Morgan fingerprint density at radius 1 is 0.875 bits per heavy atom. The van der Waals surface area contributed by atoms with Crippen LogP contribution >= 0.6 is 0 Å². The average Bonchev–Trinajstić information content (AvgIpc) is 2.99. The first kappa shape index (κ1) is 29.4. The fraction of sp³-hybridized carbons (Fsp3) is 0.400. The fourth-order valence-electron chi connectivity index (χ4n) is 5.75. The van der Waals surface area contributed by atoms with E-state index in [1.165, 1.54) is 75.5 Å². The first-order chi connectivity index (χ1) is 19.4. The van der Waals surface area contributed by atoms with E-state index in [1.54, 1.807) is 12.1 Å². The summed E-state index contributed by atoms with van der Waals surface area (Å²) < 4.78 is 0. The van der Waals surface area contributed by atoms with Gasteiger partial charge < -0.3 is 4.89 Å². The summed E-state index contributed by atoms with van der Waals surface area (Å²) in [6.45, 7) is 9.48. The van der Waals surface area contributed by atoms with Crippen molar-refractivity contribution in [3.63, 3.8) is 0 Å². The Bertz CT molecular complexity index is 1290. The second-order valence-electron chi connectivity index (χ2n) is 11.1. The molecule has 0 bridgehead atoms. The molecular weight excluding hydrogens is 500 g/mol. The van der Waals surface area contributed by atoms with Gasteiger partial charge in [0.1, 0.15) is 0 Å². The van der Waals surface area contributed by atoms with E-state index in [-0.39, 0.29) is 17.1 Å². The molecule has 3 aromatic carbocycles. The highest BCUT2D eigenvalue weighted by Gasteiger charge is 2.22. The minimum atomic E-state index is -0.670. The van der Waals surface area contributed by atoms with E-state index in [9.17, 15) is 10.1 Å². The van der Waals surface area contributed by atoms with Gasteiger partial charge in [-0.05, 0) is 96.4 Å². The lowest BCUT2D eigenvalue weighted by molar-refractivity contribution is -0.208. The normalized spacial score (nSPS) is 16.8. The highest BCUT2D eigenvalue weighted by Crippen LogP contribution is 2.39. The molecule has 5 heteroatoms. The lowest BCUT2D eigenvalue weighted by atomic mass is 9.77. The van der Waals surface area contributed by atoms with E-state index in [1.807, 2.05) is 0 Å². The van der Waals surface area contributed by atoms with Crippen LogP contribution in [0, 0.1) is 5.92 Å². The van der Waals surface area contributed by atoms with Crippen molar-refractivity contribution < 1.29 is 24.7 Å². The van der Waals surface area contributed by atoms with Gasteiger partial charge in [0, 0.05) is 11.6 Å². The maximum absolute atomic E-state index is 11.7. The van der Waals surface area contributed by atoms with Gasteiger partial charge in [-0.1, -0.05) is 88.6 Å². The zero-order chi connectivity index (χ0) is 28.5. The molecule has 0 unspecified atom stereocenters. The van der Waals surface area contributed by atoms with Crippen LogP contribution in [0.25, 0.3) is 22.3 Å². The van der Waals surface area contributed by atoms with Gasteiger partial charge in [0.15, 0.2) is 11.5 Å². The maximum Gasteiger partial charge on any atom is 0.381 e. The molecule has 40 heavy (non-hydrogen) atoms. The van der Waals surface area contributed by atoms with Crippen LogP contribution in [0.5, 0.6) is 11.5 Å². The minimum Gasteiger partial charge on any atom is -0.340 e. The number of rotatable bonds is 12. The Morgan fingerprint density at radius 2 is 1.57 bits per heavy atom. The van der Waals surface area contributed by atoms with Gasteiger partial charge >= 0.3 is 5.97 Å². The van der Waals surface area contributed by atoms with E-state index in [2.05, 4.69) is 67.8 Å². The van der Waals surface area contributed by atoms with E-state index in [0.717, 1.165) is 34.6 Å². The topological polar surface area (TPSA) is 65.0 Å². The molecule has 0 spiro atoms. The number of carbonyl (C=O) groups is 1. The molecule has 4 rings (SSSR count). The Labute approximate surface area is 238 Å². The molecule has 1 N–H and O–H groups in total. The standard InChI is InChI=1S/C35H42O5/c1-5-7-8-9-25-10-12-27(13-11-25)28-14-16-29(17-15-28)30-18-19-34(26(6-2)20-30)31-21-32(38-37)23-33(22-31)39-40-35(36)24(3)4/h14-23,25,27,37H,3,5-13H2,1-2,4H3. The number of benzene rings is 3. The SMILES string of the molecule is C=C(C)C(=O)OOc1cc(OO)cc(-c2ccc(-c3ccc(C4CCC(CCCCC)CC4)cc3)cc2CC)c1. The van der Waals surface area contributed by atoms with Crippen molar-refractivity contribution in [3.8, 4) is 33.8 Å². The number of hydrogen-bond acceptors (Lipinski definition) is 5. The summed E-state index contributed by atoms with van der Waals surface area (Å²) >= 11 is 0. The van der Waals surface area contributed by atoms with Crippen molar-refractivity contribution in [3.05, 3.63) is 83.9 Å². The van der Waals surface area contributed by atoms with Gasteiger partial charge in [-0.15, -0.1) is 0 Å². The third-order valence-electron chi connectivity index (χ3n) is 8.12. The van der Waals surface area contributed by atoms with Crippen molar-refractivity contribution in [1.82, 2.24) is 0 Å². The van der Waals surface area contributed by atoms with Crippen LogP contribution in [0.4, 0.5) is 0 Å². The lowest BCUT2D eigenvalue weighted by Gasteiger charge is -2.29. The van der Waals surface area contributed by atoms with Gasteiger partial charge in [-0.25, -0.2) is 14.9 Å². The summed E-state index contributed by atoms with van der Waals surface area (Å²) in [7, 11) is 0. The zero-order valence-corrected chi connectivity index (χ0v) is 24.1. The van der Waals surface area contributed by atoms with Crippen LogP contribution in [0.1, 0.15) is 89.2 Å². The van der Waals surface area contributed by atoms with Gasteiger partial charge in [-0.3, -0.25) is 4.89 Å². The van der Waals surface area contributed by atoms with Crippen LogP contribution in [-0.4, -0.2) is 11.2 Å². The summed E-state index contributed by atoms with van der Waals surface area (Å²) in [5.41, 5.74) is 6.93. The van der Waals surface area contributed by atoms with Crippen LogP contribution in [0.2, 0.25) is 0 Å². The maximum atomic E-state index is 11.7. The molecule has 0 aliphatic heterocycles. The Kier molecular flexibility index (Phi) is 10.4. The molecule has 1 saturated carbocycles. The molecule has 1 aliphatic rings. The molecule has 0 amide bonds. The summed E-state index contributed by atoms with van der Waals surface area (Å²) in [5.74, 6) is 1.34. The molecule has 1 fully saturated rings. The molecule has 0 heterocycles. The van der Waals surface area contributed by atoms with Gasteiger partial charge in [0.25, 0.3) is 0 Å². The van der Waals surface area contributed by atoms with Crippen LogP contribution in [0.15, 0.2) is 72.8 Å². The van der Waals surface area contributed by atoms with E-state index in [0.29, 0.717) is 5.92 Å². The molecule has 0 atom stereocenters. The zero-order valence-electron chi connectivity index (χ0n) is 24.1. The number of unbranched alkanes of at least 4 members (excludes halogenated alkanes) is 2. The van der Waals surface area contributed by atoms with Crippen molar-refractivity contribution in [2.75, 3.05) is 0 Å². The number of hydrogen-bond donors (Lipinski definition) is 1. The van der Waals surface area contributed by atoms with Gasteiger partial charge in [0.2, 0.25) is 0 Å². The second-order valence-corrected chi connectivity index (χ2v) is 11.1. The molecule has 0 saturated heterocycles. The first-order valence-corrected chi connectivity index (χ1v) is 14.7. The molecule has 0 aromatic heterocycles.